The van der Waals surface area contributed by atoms with E-state index in [9.17, 15) is 9.59 Å². The van der Waals surface area contributed by atoms with E-state index < -0.39 is 5.97 Å². The van der Waals surface area contributed by atoms with Crippen molar-refractivity contribution in [3.8, 4) is 11.3 Å². The number of carbonyl (C=O) groups is 1. The Morgan fingerprint density at radius 2 is 2.12 bits per heavy atom. The monoisotopic (exact) mass is 467 g/mol. The lowest BCUT2D eigenvalue weighted by atomic mass is 9.97. The average Bonchev–Trinajstić information content (AvgIpc) is 3.43. The predicted octanol–water partition coefficient (Wildman–Crippen LogP) is 4.92. The van der Waals surface area contributed by atoms with E-state index in [2.05, 4.69) is 10.1 Å². The van der Waals surface area contributed by atoms with E-state index in [1.54, 1.807) is 41.7 Å². The molecule has 0 fully saturated rings. The van der Waals surface area contributed by atoms with Crippen molar-refractivity contribution in [1.82, 2.24) is 9.66 Å². The maximum absolute atomic E-state index is 13.0. The van der Waals surface area contributed by atoms with Gasteiger partial charge in [-0.1, -0.05) is 11.6 Å². The van der Waals surface area contributed by atoms with Gasteiger partial charge in [-0.05, 0) is 61.6 Å². The molecule has 0 spiro atoms. The summed E-state index contributed by atoms with van der Waals surface area (Å²) in [6.45, 7) is 0. The van der Waals surface area contributed by atoms with Gasteiger partial charge in [0.1, 0.15) is 22.7 Å². The number of carbonyl (C=O) groups excluding carboxylic acids is 1. The lowest BCUT2D eigenvalue weighted by molar-refractivity contribution is 0.0601. The van der Waals surface area contributed by atoms with Crippen molar-refractivity contribution in [2.75, 3.05) is 7.11 Å². The van der Waals surface area contributed by atoms with Crippen LogP contribution in [0.3, 0.4) is 0 Å². The number of fused-ring (bicyclic) bond motifs is 3. The van der Waals surface area contributed by atoms with Crippen molar-refractivity contribution < 1.29 is 13.9 Å². The molecule has 0 aliphatic heterocycles. The number of aromatic nitrogens is 2. The normalized spacial score (nSPS) is 13.6. The van der Waals surface area contributed by atoms with Crippen LogP contribution >= 0.6 is 22.9 Å². The number of nitrogens with zero attached hydrogens (tertiary/aromatic N) is 3. The number of rotatable bonds is 4. The third-order valence-electron chi connectivity index (χ3n) is 5.45. The molecule has 0 saturated carbocycles. The van der Waals surface area contributed by atoms with Crippen molar-refractivity contribution in [2.24, 2.45) is 5.10 Å². The van der Waals surface area contributed by atoms with E-state index in [0.717, 1.165) is 36.1 Å². The van der Waals surface area contributed by atoms with E-state index >= 15 is 0 Å². The molecule has 1 aliphatic rings. The lowest BCUT2D eigenvalue weighted by Gasteiger charge is -2.09. The number of aryl methyl sites for hydroxylation is 2. The smallest absolute Gasteiger partial charge is 0.337 e. The molecular weight excluding hydrogens is 450 g/mol. The molecule has 0 radical (unpaired) electrons. The summed E-state index contributed by atoms with van der Waals surface area (Å²) in [7, 11) is 1.32. The van der Waals surface area contributed by atoms with E-state index in [4.69, 9.17) is 20.8 Å². The van der Waals surface area contributed by atoms with Crippen LogP contribution in [-0.4, -0.2) is 29.0 Å². The molecule has 3 aromatic heterocycles. The van der Waals surface area contributed by atoms with Crippen molar-refractivity contribution >= 4 is 45.3 Å². The van der Waals surface area contributed by atoms with Gasteiger partial charge in [0.2, 0.25) is 0 Å². The minimum atomic E-state index is -0.464. The van der Waals surface area contributed by atoms with E-state index in [0.29, 0.717) is 33.1 Å². The van der Waals surface area contributed by atoms with Gasteiger partial charge in [0.05, 0.1) is 29.3 Å². The maximum Gasteiger partial charge on any atom is 0.337 e. The zero-order chi connectivity index (χ0) is 22.2. The first kappa shape index (κ1) is 20.7. The van der Waals surface area contributed by atoms with Gasteiger partial charge in [-0.2, -0.15) is 9.78 Å². The second-order valence-electron chi connectivity index (χ2n) is 7.42. The van der Waals surface area contributed by atoms with Gasteiger partial charge in [0.15, 0.2) is 0 Å². The standard InChI is InChI=1S/C23H18ClN3O4S/c1-30-23(29)13-6-8-17(24)16(10-13)18-9-7-14(31-18)11-26-27-12-25-21-20(22(27)28)15-4-2-3-5-19(15)32-21/h6-12H,2-5H2,1H3. The first-order valence-corrected chi connectivity index (χ1v) is 11.3. The van der Waals surface area contributed by atoms with Crippen LogP contribution in [0.4, 0.5) is 0 Å². The number of halogens is 1. The third-order valence-corrected chi connectivity index (χ3v) is 6.98. The molecule has 9 heteroatoms. The first-order chi connectivity index (χ1) is 15.5. The molecule has 4 aromatic rings. The van der Waals surface area contributed by atoms with E-state index in [1.165, 1.54) is 29.2 Å². The van der Waals surface area contributed by atoms with Crippen molar-refractivity contribution in [1.29, 1.82) is 0 Å². The quantitative estimate of drug-likeness (QED) is 0.314. The van der Waals surface area contributed by atoms with Gasteiger partial charge in [-0.15, -0.1) is 11.3 Å². The Kier molecular flexibility index (Phi) is 5.40. The molecule has 0 amide bonds. The van der Waals surface area contributed by atoms with E-state index in [-0.39, 0.29) is 5.56 Å². The number of methoxy groups -OCH3 is 1. The minimum absolute atomic E-state index is 0.175. The highest BCUT2D eigenvalue weighted by atomic mass is 35.5. The highest BCUT2D eigenvalue weighted by molar-refractivity contribution is 7.18. The van der Waals surface area contributed by atoms with Gasteiger partial charge in [-0.25, -0.2) is 9.78 Å². The summed E-state index contributed by atoms with van der Waals surface area (Å²) in [6, 6.07) is 8.24. The highest BCUT2D eigenvalue weighted by Gasteiger charge is 2.20. The minimum Gasteiger partial charge on any atom is -0.465 e. The lowest BCUT2D eigenvalue weighted by Crippen LogP contribution is -2.17. The topological polar surface area (TPSA) is 86.7 Å². The van der Waals surface area contributed by atoms with Crippen LogP contribution < -0.4 is 5.56 Å². The van der Waals surface area contributed by atoms with E-state index in [1.807, 2.05) is 0 Å². The Bertz CT molecular complexity index is 1430. The Balaban J connectivity index is 1.46. The number of hydrogen-bond acceptors (Lipinski definition) is 7. The fraction of sp³-hybridized carbons (Fsp3) is 0.217. The summed E-state index contributed by atoms with van der Waals surface area (Å²) in [4.78, 5) is 31.3. The number of benzene rings is 1. The molecule has 5 rings (SSSR count). The first-order valence-electron chi connectivity index (χ1n) is 10.1. The summed E-state index contributed by atoms with van der Waals surface area (Å²) in [5.74, 6) is 0.433. The molecule has 0 N–H and O–H groups in total. The fourth-order valence-electron chi connectivity index (χ4n) is 3.86. The van der Waals surface area contributed by atoms with Crippen LogP contribution in [-0.2, 0) is 17.6 Å². The second kappa shape index (κ2) is 8.37. The molecular formula is C23H18ClN3O4S. The predicted molar refractivity (Wildman–Crippen MR) is 124 cm³/mol. The van der Waals surface area contributed by atoms with Gasteiger partial charge in [0.25, 0.3) is 5.56 Å². The number of thiophene rings is 1. The molecule has 0 unspecified atom stereocenters. The Hall–Kier alpha value is -3.23. The molecule has 162 valence electrons. The molecule has 0 atom stereocenters. The summed E-state index contributed by atoms with van der Waals surface area (Å²) < 4.78 is 11.8. The zero-order valence-electron chi connectivity index (χ0n) is 17.1. The number of ether oxygens (including phenoxy) is 1. The van der Waals surface area contributed by atoms with Crippen LogP contribution in [0.1, 0.15) is 39.4 Å². The van der Waals surface area contributed by atoms with Crippen LogP contribution in [0, 0.1) is 0 Å². The van der Waals surface area contributed by atoms with Crippen molar-refractivity contribution in [3.05, 3.63) is 73.8 Å². The third kappa shape index (κ3) is 3.65. The van der Waals surface area contributed by atoms with Gasteiger partial charge >= 0.3 is 5.97 Å². The Morgan fingerprint density at radius 3 is 2.97 bits per heavy atom. The Labute approximate surface area is 191 Å². The van der Waals surface area contributed by atoms with Crippen LogP contribution in [0.2, 0.25) is 5.02 Å². The molecule has 0 saturated heterocycles. The molecule has 3 heterocycles. The summed E-state index contributed by atoms with van der Waals surface area (Å²) in [5.41, 5.74) is 1.87. The summed E-state index contributed by atoms with van der Waals surface area (Å²) in [6.07, 6.45) is 7.05. The molecule has 32 heavy (non-hydrogen) atoms. The summed E-state index contributed by atoms with van der Waals surface area (Å²) >= 11 is 7.89. The number of esters is 1. The SMILES string of the molecule is COC(=O)c1ccc(Cl)c(-c2ccc(C=Nn3cnc4sc5c(c4c3=O)CCCC5)o2)c1. The van der Waals surface area contributed by atoms with Crippen LogP contribution in [0.15, 0.2) is 51.0 Å². The molecule has 0 bridgehead atoms. The van der Waals surface area contributed by atoms with Gasteiger partial charge in [-0.3, -0.25) is 4.79 Å². The number of furan rings is 1. The van der Waals surface area contributed by atoms with Crippen LogP contribution in [0.5, 0.6) is 0 Å². The van der Waals surface area contributed by atoms with Crippen LogP contribution in [0.25, 0.3) is 21.5 Å². The largest absolute Gasteiger partial charge is 0.465 e. The fourth-order valence-corrected chi connectivity index (χ4v) is 5.29. The zero-order valence-corrected chi connectivity index (χ0v) is 18.7. The second-order valence-corrected chi connectivity index (χ2v) is 8.91. The number of hydrogen-bond donors (Lipinski definition) is 0. The van der Waals surface area contributed by atoms with Gasteiger partial charge < -0.3 is 9.15 Å². The van der Waals surface area contributed by atoms with Crippen molar-refractivity contribution in [2.45, 2.75) is 25.7 Å². The molecule has 7 nitrogen and oxygen atoms in total. The highest BCUT2D eigenvalue weighted by Crippen LogP contribution is 2.33. The maximum atomic E-state index is 13.0. The summed E-state index contributed by atoms with van der Waals surface area (Å²) in [5, 5.41) is 5.37. The van der Waals surface area contributed by atoms with Crippen molar-refractivity contribution in [3.63, 3.8) is 0 Å². The van der Waals surface area contributed by atoms with Gasteiger partial charge in [0, 0.05) is 10.4 Å². The molecule has 1 aliphatic carbocycles. The average molecular weight is 468 g/mol. The molecule has 1 aromatic carbocycles. The Morgan fingerprint density at radius 1 is 1.28 bits per heavy atom.